The summed E-state index contributed by atoms with van der Waals surface area (Å²) in [6.07, 6.45) is 7.64. The Morgan fingerprint density at radius 3 is 2.55 bits per heavy atom. The van der Waals surface area contributed by atoms with Gasteiger partial charge in [-0.1, -0.05) is 6.07 Å². The van der Waals surface area contributed by atoms with E-state index in [1.54, 1.807) is 54.4 Å². The molecule has 0 saturated carbocycles. The molecule has 0 bridgehead atoms. The summed E-state index contributed by atoms with van der Waals surface area (Å²) in [5, 5.41) is 2.49. The van der Waals surface area contributed by atoms with Gasteiger partial charge in [-0.25, -0.2) is 24.7 Å². The lowest BCUT2D eigenvalue weighted by Gasteiger charge is -2.15. The number of aromatic nitrogens is 5. The smallest absolute Gasteiger partial charge is 0.412 e. The molecule has 0 aliphatic heterocycles. The average Bonchev–Trinajstić information content (AvgIpc) is 3.22. The molecule has 2 amide bonds. The lowest BCUT2D eigenvalue weighted by Crippen LogP contribution is -2.28. The number of ether oxygens (including phenoxy) is 1. The van der Waals surface area contributed by atoms with Crippen LogP contribution < -0.4 is 10.2 Å². The van der Waals surface area contributed by atoms with Gasteiger partial charge in [-0.05, 0) is 30.7 Å². The number of carbonyl (C=O) groups excluding carboxylic acids is 2. The van der Waals surface area contributed by atoms with Crippen molar-refractivity contribution in [2.24, 2.45) is 0 Å². The minimum absolute atomic E-state index is 0.261. The molecule has 4 aromatic heterocycles. The van der Waals surface area contributed by atoms with Crippen molar-refractivity contribution in [2.75, 3.05) is 24.4 Å². The number of rotatable bonds is 4. The van der Waals surface area contributed by atoms with Crippen molar-refractivity contribution in [2.45, 2.75) is 6.92 Å². The molecule has 0 aliphatic rings. The zero-order valence-corrected chi connectivity index (χ0v) is 17.1. The van der Waals surface area contributed by atoms with E-state index in [2.05, 4.69) is 30.0 Å². The number of nitrogens with one attached hydrogen (secondary N) is 1. The quantitative estimate of drug-likeness (QED) is 0.543. The average molecular weight is 417 g/mol. The summed E-state index contributed by atoms with van der Waals surface area (Å²) in [5.74, 6) is 0.616. The van der Waals surface area contributed by atoms with E-state index < -0.39 is 6.09 Å². The van der Waals surface area contributed by atoms with E-state index in [9.17, 15) is 9.59 Å². The molecule has 4 heterocycles. The normalized spacial score (nSPS) is 10.7. The third-order valence-electron chi connectivity index (χ3n) is 4.58. The van der Waals surface area contributed by atoms with Gasteiger partial charge in [-0.15, -0.1) is 0 Å². The molecular formula is C21H19N7O3. The van der Waals surface area contributed by atoms with E-state index in [1.807, 2.05) is 13.0 Å². The van der Waals surface area contributed by atoms with Crippen molar-refractivity contribution < 1.29 is 14.3 Å². The number of carbonyl (C=O) groups is 2. The Bertz CT molecular complexity index is 1250. The molecule has 4 rings (SSSR count). The minimum atomic E-state index is -0.595. The van der Waals surface area contributed by atoms with Gasteiger partial charge in [0.25, 0.3) is 5.91 Å². The number of amides is 2. The van der Waals surface area contributed by atoms with Gasteiger partial charge < -0.3 is 9.14 Å². The fraction of sp³-hybridized carbons (Fsp3) is 0.143. The summed E-state index contributed by atoms with van der Waals surface area (Å²) < 4.78 is 6.27. The van der Waals surface area contributed by atoms with E-state index in [4.69, 9.17) is 0 Å². The summed E-state index contributed by atoms with van der Waals surface area (Å²) in [6.45, 7) is 1.93. The van der Waals surface area contributed by atoms with E-state index in [1.165, 1.54) is 18.2 Å². The number of pyridine rings is 2. The highest BCUT2D eigenvalue weighted by atomic mass is 16.5. The third-order valence-corrected chi connectivity index (χ3v) is 4.58. The van der Waals surface area contributed by atoms with E-state index in [0.717, 1.165) is 11.1 Å². The van der Waals surface area contributed by atoms with E-state index in [0.29, 0.717) is 23.0 Å². The Kier molecular flexibility index (Phi) is 5.27. The second kappa shape index (κ2) is 8.19. The maximum Gasteiger partial charge on any atom is 0.412 e. The Morgan fingerprint density at radius 2 is 1.87 bits per heavy atom. The van der Waals surface area contributed by atoms with Gasteiger partial charge in [0.05, 0.1) is 19.0 Å². The molecule has 0 fully saturated rings. The van der Waals surface area contributed by atoms with Crippen LogP contribution in [0.25, 0.3) is 16.9 Å². The number of imidazole rings is 1. The number of nitrogens with zero attached hydrogens (tertiary/aromatic N) is 6. The number of aryl methyl sites for hydroxylation is 1. The molecule has 0 unspecified atom stereocenters. The molecule has 4 aromatic rings. The van der Waals surface area contributed by atoms with Crippen molar-refractivity contribution in [3.05, 3.63) is 66.5 Å². The summed E-state index contributed by atoms with van der Waals surface area (Å²) in [6, 6.07) is 7.10. The van der Waals surface area contributed by atoms with Gasteiger partial charge in [-0.3, -0.25) is 15.0 Å². The largest absolute Gasteiger partial charge is 0.453 e. The molecule has 0 aromatic carbocycles. The van der Waals surface area contributed by atoms with Crippen molar-refractivity contribution in [3.8, 4) is 11.3 Å². The lowest BCUT2D eigenvalue weighted by atomic mass is 10.2. The molecule has 0 radical (unpaired) electrons. The SMILES string of the molecule is COC(=O)Nc1ccc(-c2cn3cc(C(=O)N(C)c4ccc(C)cn4)ncc3n2)cn1. The predicted octanol–water partition coefficient (Wildman–Crippen LogP) is 2.95. The maximum absolute atomic E-state index is 12.8. The molecule has 0 spiro atoms. The van der Waals surface area contributed by atoms with E-state index >= 15 is 0 Å². The number of fused-ring (bicyclic) bond motifs is 1. The number of anilines is 2. The monoisotopic (exact) mass is 417 g/mol. The second-order valence-electron chi connectivity index (χ2n) is 6.77. The first kappa shape index (κ1) is 20.0. The van der Waals surface area contributed by atoms with Crippen molar-refractivity contribution in [3.63, 3.8) is 0 Å². The molecule has 10 heteroatoms. The maximum atomic E-state index is 12.8. The fourth-order valence-electron chi connectivity index (χ4n) is 2.86. The molecular weight excluding hydrogens is 398 g/mol. The topological polar surface area (TPSA) is 115 Å². The summed E-state index contributed by atoms with van der Waals surface area (Å²) in [4.78, 5) is 42.8. The van der Waals surface area contributed by atoms with Gasteiger partial charge >= 0.3 is 6.09 Å². The van der Waals surface area contributed by atoms with Crippen LogP contribution in [-0.2, 0) is 4.74 Å². The summed E-state index contributed by atoms with van der Waals surface area (Å²) in [7, 11) is 2.93. The first-order valence-corrected chi connectivity index (χ1v) is 9.31. The number of hydrogen-bond donors (Lipinski definition) is 1. The molecule has 0 aliphatic carbocycles. The fourth-order valence-corrected chi connectivity index (χ4v) is 2.86. The number of hydrogen-bond acceptors (Lipinski definition) is 7. The Labute approximate surface area is 177 Å². The van der Waals surface area contributed by atoms with Gasteiger partial charge in [0.15, 0.2) is 5.65 Å². The zero-order valence-electron chi connectivity index (χ0n) is 17.1. The summed E-state index contributed by atoms with van der Waals surface area (Å²) in [5.41, 5.74) is 3.25. The van der Waals surface area contributed by atoms with Crippen LogP contribution in [0.5, 0.6) is 0 Å². The van der Waals surface area contributed by atoms with Crippen molar-refractivity contribution in [1.82, 2.24) is 24.3 Å². The third kappa shape index (κ3) is 4.17. The van der Waals surface area contributed by atoms with Crippen LogP contribution in [0.2, 0.25) is 0 Å². The van der Waals surface area contributed by atoms with E-state index in [-0.39, 0.29) is 11.6 Å². The van der Waals surface area contributed by atoms with Crippen LogP contribution in [0.1, 0.15) is 16.1 Å². The standard InChI is InChI=1S/C21H19N7O3/c1-13-4-7-18(24-8-13)27(2)20(29)16-12-28-11-15(25-19(28)10-22-16)14-5-6-17(23-9-14)26-21(30)31-3/h4-12H,1-3H3,(H,23,26,30). The molecule has 10 nitrogen and oxygen atoms in total. The van der Waals surface area contributed by atoms with Crippen LogP contribution in [-0.4, -0.2) is 50.5 Å². The van der Waals surface area contributed by atoms with Crippen LogP contribution in [0, 0.1) is 6.92 Å². The highest BCUT2D eigenvalue weighted by molar-refractivity contribution is 6.03. The van der Waals surface area contributed by atoms with Gasteiger partial charge in [0.2, 0.25) is 0 Å². The van der Waals surface area contributed by atoms with Gasteiger partial charge in [0, 0.05) is 37.4 Å². The van der Waals surface area contributed by atoms with Crippen LogP contribution in [0.4, 0.5) is 16.4 Å². The highest BCUT2D eigenvalue weighted by Gasteiger charge is 2.17. The Balaban J connectivity index is 1.57. The van der Waals surface area contributed by atoms with Crippen LogP contribution in [0.15, 0.2) is 55.2 Å². The highest BCUT2D eigenvalue weighted by Crippen LogP contribution is 2.20. The minimum Gasteiger partial charge on any atom is -0.453 e. The zero-order chi connectivity index (χ0) is 22.0. The van der Waals surface area contributed by atoms with Crippen LogP contribution >= 0.6 is 0 Å². The molecule has 156 valence electrons. The Morgan fingerprint density at radius 1 is 1.03 bits per heavy atom. The van der Waals surface area contributed by atoms with Gasteiger partial charge in [0.1, 0.15) is 17.3 Å². The van der Waals surface area contributed by atoms with Crippen molar-refractivity contribution >= 4 is 29.3 Å². The predicted molar refractivity (Wildman–Crippen MR) is 114 cm³/mol. The molecule has 31 heavy (non-hydrogen) atoms. The van der Waals surface area contributed by atoms with Crippen molar-refractivity contribution in [1.29, 1.82) is 0 Å². The molecule has 0 saturated heterocycles. The first-order valence-electron chi connectivity index (χ1n) is 9.31. The first-order chi connectivity index (χ1) is 14.9. The lowest BCUT2D eigenvalue weighted by molar-refractivity contribution is 0.0987. The van der Waals surface area contributed by atoms with Crippen LogP contribution in [0.3, 0.4) is 0 Å². The Hall–Kier alpha value is -4.34. The van der Waals surface area contributed by atoms with Gasteiger partial charge in [-0.2, -0.15) is 0 Å². The second-order valence-corrected chi connectivity index (χ2v) is 6.77. The summed E-state index contributed by atoms with van der Waals surface area (Å²) >= 11 is 0. The molecule has 0 atom stereocenters. The molecule has 1 N–H and O–H groups in total. The number of methoxy groups -OCH3 is 1.